The molecule has 0 spiro atoms. The Labute approximate surface area is 85.6 Å². The minimum Gasteiger partial charge on any atom is -0.196 e. The molecule has 1 aromatic heterocycles. The first kappa shape index (κ1) is 8.74. The molecule has 3 heteroatoms. The van der Waals surface area contributed by atoms with Crippen LogP contribution in [0.3, 0.4) is 0 Å². The van der Waals surface area contributed by atoms with Gasteiger partial charge in [-0.25, -0.2) is 0 Å². The van der Waals surface area contributed by atoms with E-state index in [0.29, 0.717) is 0 Å². The van der Waals surface area contributed by atoms with Crippen molar-refractivity contribution in [1.29, 1.82) is 10.5 Å². The molecule has 2 nitrogen and oxygen atoms in total. The lowest BCUT2D eigenvalue weighted by Crippen LogP contribution is -1.88. The van der Waals surface area contributed by atoms with Crippen LogP contribution in [0.15, 0.2) is 29.6 Å². The fraction of sp³-hybridized carbons (Fsp3) is 0.0909. The molecule has 0 saturated carbocycles. The normalized spacial score (nSPS) is 9.93. The zero-order chi connectivity index (χ0) is 9.97. The summed E-state index contributed by atoms with van der Waals surface area (Å²) in [5, 5.41) is 20.5. The molecule has 0 atom stereocenters. The highest BCUT2D eigenvalue weighted by molar-refractivity contribution is 7.17. The lowest BCUT2D eigenvalue weighted by molar-refractivity contribution is 1.13. The molecule has 0 bridgehead atoms. The third-order valence-corrected chi connectivity index (χ3v) is 3.06. The van der Waals surface area contributed by atoms with Crippen molar-refractivity contribution < 1.29 is 0 Å². The summed E-state index contributed by atoms with van der Waals surface area (Å²) in [4.78, 5) is 0. The summed E-state index contributed by atoms with van der Waals surface area (Å²) in [6.07, 6.45) is 0. The molecular weight excluding hydrogens is 192 g/mol. The van der Waals surface area contributed by atoms with Gasteiger partial charge in [0.25, 0.3) is 0 Å². The van der Waals surface area contributed by atoms with Gasteiger partial charge in [-0.05, 0) is 16.8 Å². The second-order valence-corrected chi connectivity index (χ2v) is 3.79. The SMILES string of the molecule is N#CC(C#N)c1csc2ccccc12. The van der Waals surface area contributed by atoms with Gasteiger partial charge in [-0.3, -0.25) is 0 Å². The first-order valence-corrected chi connectivity index (χ1v) is 5.00. The van der Waals surface area contributed by atoms with Gasteiger partial charge in [0.05, 0.1) is 12.1 Å². The number of rotatable bonds is 1. The van der Waals surface area contributed by atoms with Crippen LogP contribution in [-0.4, -0.2) is 0 Å². The maximum Gasteiger partial charge on any atom is 0.159 e. The first-order valence-electron chi connectivity index (χ1n) is 4.12. The van der Waals surface area contributed by atoms with Gasteiger partial charge in [0.1, 0.15) is 0 Å². The average Bonchev–Trinajstić information content (AvgIpc) is 2.65. The highest BCUT2D eigenvalue weighted by Gasteiger charge is 2.13. The lowest BCUT2D eigenvalue weighted by atomic mass is 10.0. The van der Waals surface area contributed by atoms with Crippen LogP contribution >= 0.6 is 11.3 Å². The van der Waals surface area contributed by atoms with E-state index in [2.05, 4.69) is 0 Å². The van der Waals surface area contributed by atoms with Crippen LogP contribution < -0.4 is 0 Å². The molecule has 14 heavy (non-hydrogen) atoms. The van der Waals surface area contributed by atoms with E-state index in [0.717, 1.165) is 15.6 Å². The molecule has 0 amide bonds. The zero-order valence-electron chi connectivity index (χ0n) is 7.27. The van der Waals surface area contributed by atoms with Gasteiger partial charge in [-0.2, -0.15) is 10.5 Å². The number of hydrogen-bond acceptors (Lipinski definition) is 3. The van der Waals surface area contributed by atoms with E-state index in [1.807, 2.05) is 41.8 Å². The third kappa shape index (κ3) is 1.25. The number of nitriles is 2. The van der Waals surface area contributed by atoms with Crippen LogP contribution in [0.5, 0.6) is 0 Å². The number of benzene rings is 1. The van der Waals surface area contributed by atoms with Crippen molar-refractivity contribution in [2.75, 3.05) is 0 Å². The van der Waals surface area contributed by atoms with Crippen LogP contribution in [0.2, 0.25) is 0 Å². The van der Waals surface area contributed by atoms with E-state index in [-0.39, 0.29) is 0 Å². The molecule has 0 aliphatic rings. The lowest BCUT2D eigenvalue weighted by Gasteiger charge is -1.96. The molecule has 0 saturated heterocycles. The van der Waals surface area contributed by atoms with E-state index in [1.165, 1.54) is 0 Å². The second-order valence-electron chi connectivity index (χ2n) is 2.88. The fourth-order valence-corrected chi connectivity index (χ4v) is 2.38. The van der Waals surface area contributed by atoms with Gasteiger partial charge in [0.2, 0.25) is 0 Å². The van der Waals surface area contributed by atoms with Gasteiger partial charge in [-0.1, -0.05) is 18.2 Å². The molecule has 66 valence electrons. The Morgan fingerprint density at radius 2 is 1.86 bits per heavy atom. The predicted molar refractivity (Wildman–Crippen MR) is 55.8 cm³/mol. The van der Waals surface area contributed by atoms with Crippen molar-refractivity contribution in [2.45, 2.75) is 5.92 Å². The maximum absolute atomic E-state index is 8.79. The summed E-state index contributed by atoms with van der Waals surface area (Å²) in [5.41, 5.74) is 0.829. The topological polar surface area (TPSA) is 47.6 Å². The molecular formula is C11H6N2S. The monoisotopic (exact) mass is 198 g/mol. The van der Waals surface area contributed by atoms with E-state index < -0.39 is 5.92 Å². The molecule has 2 aromatic rings. The molecule has 0 aliphatic heterocycles. The van der Waals surface area contributed by atoms with Gasteiger partial charge in [-0.15, -0.1) is 11.3 Å². The summed E-state index contributed by atoms with van der Waals surface area (Å²) >= 11 is 1.57. The maximum atomic E-state index is 8.79. The third-order valence-electron chi connectivity index (χ3n) is 2.08. The minimum absolute atomic E-state index is 0.647. The Hall–Kier alpha value is -1.84. The second kappa shape index (κ2) is 3.49. The van der Waals surface area contributed by atoms with Crippen LogP contribution in [0.25, 0.3) is 10.1 Å². The van der Waals surface area contributed by atoms with E-state index >= 15 is 0 Å². The number of thiophene rings is 1. The van der Waals surface area contributed by atoms with Crippen molar-refractivity contribution in [3.05, 3.63) is 35.2 Å². The smallest absolute Gasteiger partial charge is 0.159 e. The summed E-state index contributed by atoms with van der Waals surface area (Å²) in [6, 6.07) is 11.8. The quantitative estimate of drug-likeness (QED) is 0.707. The van der Waals surface area contributed by atoms with Gasteiger partial charge in [0, 0.05) is 10.3 Å². The standard InChI is InChI=1S/C11H6N2S/c12-5-8(6-13)10-7-14-11-4-2-1-3-9(10)11/h1-4,7-8H. The number of hydrogen-bond donors (Lipinski definition) is 0. The van der Waals surface area contributed by atoms with Gasteiger partial charge in [0.15, 0.2) is 5.92 Å². The molecule has 0 unspecified atom stereocenters. The molecule has 0 aliphatic carbocycles. The first-order chi connectivity index (χ1) is 6.86. The van der Waals surface area contributed by atoms with E-state index in [4.69, 9.17) is 10.5 Å². The Kier molecular flexibility index (Phi) is 2.18. The van der Waals surface area contributed by atoms with Gasteiger partial charge >= 0.3 is 0 Å². The average molecular weight is 198 g/mol. The Morgan fingerprint density at radius 3 is 2.57 bits per heavy atom. The van der Waals surface area contributed by atoms with Crippen LogP contribution in [0.4, 0.5) is 0 Å². The van der Waals surface area contributed by atoms with Crippen LogP contribution in [-0.2, 0) is 0 Å². The molecule has 0 fully saturated rings. The zero-order valence-corrected chi connectivity index (χ0v) is 8.08. The summed E-state index contributed by atoms with van der Waals surface area (Å²) in [5.74, 6) is -0.647. The Bertz CT molecular complexity index is 528. The van der Waals surface area contributed by atoms with Gasteiger partial charge < -0.3 is 0 Å². The van der Waals surface area contributed by atoms with E-state index in [9.17, 15) is 0 Å². The van der Waals surface area contributed by atoms with Crippen LogP contribution in [0, 0.1) is 22.7 Å². The molecule has 0 radical (unpaired) electrons. The highest BCUT2D eigenvalue weighted by Crippen LogP contribution is 2.30. The highest BCUT2D eigenvalue weighted by atomic mass is 32.1. The number of nitrogens with zero attached hydrogens (tertiary/aromatic N) is 2. The van der Waals surface area contributed by atoms with Crippen molar-refractivity contribution in [1.82, 2.24) is 0 Å². The minimum atomic E-state index is -0.647. The molecule has 1 heterocycles. The predicted octanol–water partition coefficient (Wildman–Crippen LogP) is 3.03. The molecule has 2 rings (SSSR count). The summed E-state index contributed by atoms with van der Waals surface area (Å²) in [7, 11) is 0. The Balaban J connectivity index is 2.66. The van der Waals surface area contributed by atoms with Crippen molar-refractivity contribution >= 4 is 21.4 Å². The summed E-state index contributed by atoms with van der Waals surface area (Å²) in [6.45, 7) is 0. The molecule has 0 N–H and O–H groups in total. The summed E-state index contributed by atoms with van der Waals surface area (Å²) < 4.78 is 1.12. The van der Waals surface area contributed by atoms with E-state index in [1.54, 1.807) is 11.3 Å². The largest absolute Gasteiger partial charge is 0.196 e. The fourth-order valence-electron chi connectivity index (χ4n) is 1.39. The number of fused-ring (bicyclic) bond motifs is 1. The van der Waals surface area contributed by atoms with Crippen molar-refractivity contribution in [3.8, 4) is 12.1 Å². The van der Waals surface area contributed by atoms with Crippen molar-refractivity contribution in [3.63, 3.8) is 0 Å². The van der Waals surface area contributed by atoms with Crippen molar-refractivity contribution in [2.24, 2.45) is 0 Å². The van der Waals surface area contributed by atoms with Crippen LogP contribution in [0.1, 0.15) is 11.5 Å². The Morgan fingerprint density at radius 1 is 1.14 bits per heavy atom. The molecule has 1 aromatic carbocycles.